The Kier molecular flexibility index (Phi) is 17.0. The molecular weight excluding hydrogens is 352 g/mol. The van der Waals surface area contributed by atoms with Crippen molar-refractivity contribution >= 4 is 12.0 Å². The third kappa shape index (κ3) is 21.0. The standard InChI is InChI=1S/C23H46N2O3/c1-5-6-7-8-9-10-11-12-15-18-21(26)24-19-16-13-14-17-20-25-22(27)28-23(2,3)4/h5-20H2,1-4H3,(H,24,26)(H,25,27). The Hall–Kier alpha value is -1.26. The molecule has 2 amide bonds. The zero-order valence-electron chi connectivity index (χ0n) is 19.0. The van der Waals surface area contributed by atoms with Crippen molar-refractivity contribution in [2.45, 2.75) is 123 Å². The van der Waals surface area contributed by atoms with Crippen LogP contribution >= 0.6 is 0 Å². The largest absolute Gasteiger partial charge is 0.444 e. The maximum absolute atomic E-state index is 11.8. The van der Waals surface area contributed by atoms with Gasteiger partial charge >= 0.3 is 6.09 Å². The van der Waals surface area contributed by atoms with Crippen LogP contribution in [0.2, 0.25) is 0 Å². The second kappa shape index (κ2) is 17.8. The first-order valence-corrected chi connectivity index (χ1v) is 11.6. The Labute approximate surface area is 173 Å². The third-order valence-electron chi connectivity index (χ3n) is 4.60. The summed E-state index contributed by atoms with van der Waals surface area (Å²) in [5, 5.41) is 5.78. The van der Waals surface area contributed by atoms with Gasteiger partial charge in [0.25, 0.3) is 0 Å². The molecule has 0 aromatic heterocycles. The molecule has 0 fully saturated rings. The molecule has 0 aromatic rings. The maximum Gasteiger partial charge on any atom is 0.407 e. The molecule has 0 aliphatic heterocycles. The van der Waals surface area contributed by atoms with E-state index in [0.29, 0.717) is 13.0 Å². The number of alkyl carbamates (subject to hydrolysis) is 1. The first kappa shape index (κ1) is 26.7. The summed E-state index contributed by atoms with van der Waals surface area (Å²) in [4.78, 5) is 23.3. The van der Waals surface area contributed by atoms with Crippen LogP contribution in [0.3, 0.4) is 0 Å². The van der Waals surface area contributed by atoms with Crippen LogP contribution in [0.5, 0.6) is 0 Å². The average Bonchev–Trinajstić information content (AvgIpc) is 2.61. The van der Waals surface area contributed by atoms with Gasteiger partial charge in [0.1, 0.15) is 5.60 Å². The Balaban J connectivity index is 3.30. The van der Waals surface area contributed by atoms with Crippen LogP contribution in [0, 0.1) is 0 Å². The highest BCUT2D eigenvalue weighted by molar-refractivity contribution is 5.75. The Morgan fingerprint density at radius 3 is 1.68 bits per heavy atom. The zero-order chi connectivity index (χ0) is 21.1. The highest BCUT2D eigenvalue weighted by Gasteiger charge is 2.15. The fourth-order valence-corrected chi connectivity index (χ4v) is 3.02. The van der Waals surface area contributed by atoms with Crippen molar-refractivity contribution in [1.82, 2.24) is 10.6 Å². The van der Waals surface area contributed by atoms with Crippen molar-refractivity contribution in [3.05, 3.63) is 0 Å². The number of unbranched alkanes of at least 4 members (excludes halogenated alkanes) is 11. The number of carbonyl (C=O) groups excluding carboxylic acids is 2. The van der Waals surface area contributed by atoms with E-state index < -0.39 is 5.60 Å². The summed E-state index contributed by atoms with van der Waals surface area (Å²) in [6.45, 7) is 9.22. The fraction of sp³-hybridized carbons (Fsp3) is 0.913. The van der Waals surface area contributed by atoms with Crippen LogP contribution in [-0.2, 0) is 9.53 Å². The van der Waals surface area contributed by atoms with E-state index in [0.717, 1.165) is 38.6 Å². The van der Waals surface area contributed by atoms with Gasteiger partial charge in [0, 0.05) is 19.5 Å². The molecule has 0 unspecified atom stereocenters. The van der Waals surface area contributed by atoms with E-state index in [-0.39, 0.29) is 12.0 Å². The van der Waals surface area contributed by atoms with E-state index >= 15 is 0 Å². The summed E-state index contributed by atoms with van der Waals surface area (Å²) in [7, 11) is 0. The minimum absolute atomic E-state index is 0.189. The zero-order valence-corrected chi connectivity index (χ0v) is 19.0. The normalized spacial score (nSPS) is 11.3. The van der Waals surface area contributed by atoms with Crippen LogP contribution in [0.25, 0.3) is 0 Å². The van der Waals surface area contributed by atoms with Gasteiger partial charge < -0.3 is 15.4 Å². The van der Waals surface area contributed by atoms with Gasteiger partial charge in [-0.05, 0) is 40.0 Å². The smallest absolute Gasteiger partial charge is 0.407 e. The van der Waals surface area contributed by atoms with Crippen molar-refractivity contribution in [2.75, 3.05) is 13.1 Å². The van der Waals surface area contributed by atoms with Crippen LogP contribution in [0.1, 0.15) is 118 Å². The topological polar surface area (TPSA) is 67.4 Å². The number of hydrogen-bond donors (Lipinski definition) is 2. The second-order valence-electron chi connectivity index (χ2n) is 8.77. The van der Waals surface area contributed by atoms with Gasteiger partial charge in [-0.2, -0.15) is 0 Å². The summed E-state index contributed by atoms with van der Waals surface area (Å²) in [6, 6.07) is 0. The third-order valence-corrected chi connectivity index (χ3v) is 4.60. The number of ether oxygens (including phenoxy) is 1. The molecule has 0 spiro atoms. The maximum atomic E-state index is 11.8. The summed E-state index contributed by atoms with van der Waals surface area (Å²) < 4.78 is 5.19. The lowest BCUT2D eigenvalue weighted by Gasteiger charge is -2.19. The van der Waals surface area contributed by atoms with Gasteiger partial charge in [-0.3, -0.25) is 4.79 Å². The summed E-state index contributed by atoms with van der Waals surface area (Å²) in [5.41, 5.74) is -0.448. The molecule has 0 rings (SSSR count). The number of amides is 2. The molecule has 0 saturated carbocycles. The number of hydrogen-bond acceptors (Lipinski definition) is 3. The van der Waals surface area contributed by atoms with E-state index in [2.05, 4.69) is 17.6 Å². The van der Waals surface area contributed by atoms with Gasteiger partial charge in [-0.15, -0.1) is 0 Å². The average molecular weight is 399 g/mol. The molecule has 166 valence electrons. The van der Waals surface area contributed by atoms with Gasteiger partial charge in [-0.25, -0.2) is 4.79 Å². The number of nitrogens with one attached hydrogen (secondary N) is 2. The molecule has 5 heteroatoms. The lowest BCUT2D eigenvalue weighted by atomic mass is 10.1. The van der Waals surface area contributed by atoms with Gasteiger partial charge in [0.05, 0.1) is 0 Å². The van der Waals surface area contributed by atoms with E-state index in [1.54, 1.807) is 0 Å². The number of carbonyl (C=O) groups is 2. The summed E-state index contributed by atoms with van der Waals surface area (Å²) >= 11 is 0. The van der Waals surface area contributed by atoms with E-state index in [9.17, 15) is 9.59 Å². The highest BCUT2D eigenvalue weighted by Crippen LogP contribution is 2.10. The van der Waals surface area contributed by atoms with Crippen molar-refractivity contribution < 1.29 is 14.3 Å². The Morgan fingerprint density at radius 1 is 0.679 bits per heavy atom. The van der Waals surface area contributed by atoms with Crippen molar-refractivity contribution in [3.63, 3.8) is 0 Å². The van der Waals surface area contributed by atoms with Crippen molar-refractivity contribution in [1.29, 1.82) is 0 Å². The van der Waals surface area contributed by atoms with E-state index in [1.165, 1.54) is 51.4 Å². The molecule has 0 radical (unpaired) electrons. The van der Waals surface area contributed by atoms with Crippen molar-refractivity contribution in [3.8, 4) is 0 Å². The summed E-state index contributed by atoms with van der Waals surface area (Å²) in [5.74, 6) is 0.189. The molecule has 0 aliphatic rings. The molecule has 0 saturated heterocycles. The van der Waals surface area contributed by atoms with Gasteiger partial charge in [-0.1, -0.05) is 71.1 Å². The van der Waals surface area contributed by atoms with Crippen LogP contribution in [0.15, 0.2) is 0 Å². The second-order valence-corrected chi connectivity index (χ2v) is 8.77. The molecule has 0 bridgehead atoms. The van der Waals surface area contributed by atoms with Crippen LogP contribution < -0.4 is 10.6 Å². The quantitative estimate of drug-likeness (QED) is 0.290. The predicted octanol–water partition coefficient (Wildman–Crippen LogP) is 6.11. The molecule has 2 N–H and O–H groups in total. The first-order valence-electron chi connectivity index (χ1n) is 11.6. The van der Waals surface area contributed by atoms with Crippen LogP contribution in [0.4, 0.5) is 4.79 Å². The fourth-order valence-electron chi connectivity index (χ4n) is 3.02. The Bertz CT molecular complexity index is 392. The molecule has 0 aliphatic carbocycles. The number of rotatable bonds is 17. The monoisotopic (exact) mass is 398 g/mol. The SMILES string of the molecule is CCCCCCCCCCCC(=O)NCCCCCCNC(=O)OC(C)(C)C. The lowest BCUT2D eigenvalue weighted by Crippen LogP contribution is -2.33. The molecule has 5 nitrogen and oxygen atoms in total. The summed E-state index contributed by atoms with van der Waals surface area (Å²) in [6.07, 6.45) is 15.9. The van der Waals surface area contributed by atoms with Gasteiger partial charge in [0.2, 0.25) is 5.91 Å². The van der Waals surface area contributed by atoms with E-state index in [1.807, 2.05) is 20.8 Å². The lowest BCUT2D eigenvalue weighted by molar-refractivity contribution is -0.121. The van der Waals surface area contributed by atoms with Crippen molar-refractivity contribution in [2.24, 2.45) is 0 Å². The molecular formula is C23H46N2O3. The minimum atomic E-state index is -0.448. The predicted molar refractivity (Wildman–Crippen MR) is 118 cm³/mol. The minimum Gasteiger partial charge on any atom is -0.444 e. The highest BCUT2D eigenvalue weighted by atomic mass is 16.6. The van der Waals surface area contributed by atoms with Crippen LogP contribution in [-0.4, -0.2) is 30.7 Å². The van der Waals surface area contributed by atoms with E-state index in [4.69, 9.17) is 4.74 Å². The molecule has 28 heavy (non-hydrogen) atoms. The van der Waals surface area contributed by atoms with Gasteiger partial charge in [0.15, 0.2) is 0 Å². The Morgan fingerprint density at radius 2 is 1.14 bits per heavy atom. The molecule has 0 atom stereocenters. The molecule has 0 aromatic carbocycles. The first-order chi connectivity index (χ1) is 13.3. The molecule has 0 heterocycles.